The molecule has 1 saturated heterocycles. The first-order valence-electron chi connectivity index (χ1n) is 6.19. The summed E-state index contributed by atoms with van der Waals surface area (Å²) < 4.78 is 0. The van der Waals surface area contributed by atoms with Gasteiger partial charge in [-0.1, -0.05) is 0 Å². The minimum atomic E-state index is 0.124. The number of aromatic nitrogens is 2. The summed E-state index contributed by atoms with van der Waals surface area (Å²) in [5.41, 5.74) is 0.952. The van der Waals surface area contributed by atoms with Crippen LogP contribution in [-0.4, -0.2) is 47.5 Å². The molecule has 98 valence electrons. The molecule has 1 amide bonds. The van der Waals surface area contributed by atoms with Crippen LogP contribution in [0.4, 0.5) is 5.82 Å². The fraction of sp³-hybridized carbons (Fsp3) is 0.583. The Labute approximate surface area is 107 Å². The second-order valence-corrected chi connectivity index (χ2v) is 4.44. The number of rotatable bonds is 3. The molecule has 18 heavy (non-hydrogen) atoms. The predicted octanol–water partition coefficient (Wildman–Crippen LogP) is 0.149. The molecule has 1 aromatic heterocycles. The van der Waals surface area contributed by atoms with Crippen LogP contribution in [-0.2, 0) is 11.3 Å². The zero-order valence-electron chi connectivity index (χ0n) is 10.9. The molecule has 2 heterocycles. The quantitative estimate of drug-likeness (QED) is 0.798. The van der Waals surface area contributed by atoms with E-state index in [-0.39, 0.29) is 5.91 Å². The molecule has 0 spiro atoms. The van der Waals surface area contributed by atoms with E-state index in [1.54, 1.807) is 0 Å². The lowest BCUT2D eigenvalue weighted by molar-refractivity contribution is -0.120. The Morgan fingerprint density at radius 1 is 1.44 bits per heavy atom. The van der Waals surface area contributed by atoms with E-state index in [0.29, 0.717) is 19.5 Å². The van der Waals surface area contributed by atoms with Crippen molar-refractivity contribution in [2.24, 2.45) is 0 Å². The number of carbonyl (C=O) groups excluding carboxylic acids is 1. The number of nitrogens with zero attached hydrogens (tertiary/aromatic N) is 3. The van der Waals surface area contributed by atoms with Crippen molar-refractivity contribution in [3.63, 3.8) is 0 Å². The van der Waals surface area contributed by atoms with Gasteiger partial charge in [0, 0.05) is 44.9 Å². The molecule has 0 radical (unpaired) electrons. The van der Waals surface area contributed by atoms with Crippen molar-refractivity contribution in [1.82, 2.24) is 20.2 Å². The van der Waals surface area contributed by atoms with E-state index in [0.717, 1.165) is 30.4 Å². The number of aryl methyl sites for hydroxylation is 1. The zero-order chi connectivity index (χ0) is 13.0. The molecule has 0 unspecified atom stereocenters. The lowest BCUT2D eigenvalue weighted by Crippen LogP contribution is -2.29. The van der Waals surface area contributed by atoms with Gasteiger partial charge in [-0.15, -0.1) is 0 Å². The van der Waals surface area contributed by atoms with Crippen LogP contribution in [0.5, 0.6) is 0 Å². The highest BCUT2D eigenvalue weighted by Gasteiger charge is 2.14. The molecule has 6 heteroatoms. The third-order valence-electron chi connectivity index (χ3n) is 2.93. The summed E-state index contributed by atoms with van der Waals surface area (Å²) in [5, 5.41) is 5.89. The Balaban J connectivity index is 2.04. The highest BCUT2D eigenvalue weighted by molar-refractivity contribution is 5.76. The molecule has 2 rings (SSSR count). The average molecular weight is 249 g/mol. The van der Waals surface area contributed by atoms with Gasteiger partial charge in [0.1, 0.15) is 11.6 Å². The van der Waals surface area contributed by atoms with Crippen LogP contribution < -0.4 is 10.6 Å². The molecule has 2 N–H and O–H groups in total. The van der Waals surface area contributed by atoms with Crippen molar-refractivity contribution >= 4 is 11.7 Å². The summed E-state index contributed by atoms with van der Waals surface area (Å²) in [5.74, 6) is 1.76. The molecule has 0 aromatic carbocycles. The van der Waals surface area contributed by atoms with Crippen LogP contribution in [0.2, 0.25) is 0 Å². The molecular formula is C12H19N5O. The van der Waals surface area contributed by atoms with E-state index in [4.69, 9.17) is 0 Å². The molecule has 1 fully saturated rings. The van der Waals surface area contributed by atoms with E-state index >= 15 is 0 Å². The lowest BCUT2D eigenvalue weighted by atomic mass is 10.3. The van der Waals surface area contributed by atoms with Crippen LogP contribution >= 0.6 is 0 Å². The molecule has 0 saturated carbocycles. The summed E-state index contributed by atoms with van der Waals surface area (Å²) >= 11 is 0. The van der Waals surface area contributed by atoms with E-state index in [9.17, 15) is 4.79 Å². The van der Waals surface area contributed by atoms with Gasteiger partial charge in [-0.25, -0.2) is 9.97 Å². The molecule has 0 aliphatic carbocycles. The zero-order valence-corrected chi connectivity index (χ0v) is 10.9. The van der Waals surface area contributed by atoms with Crippen molar-refractivity contribution in [2.75, 3.05) is 32.0 Å². The Morgan fingerprint density at radius 3 is 3.06 bits per heavy atom. The van der Waals surface area contributed by atoms with Gasteiger partial charge in [0.25, 0.3) is 0 Å². The van der Waals surface area contributed by atoms with Gasteiger partial charge in [0.2, 0.25) is 5.91 Å². The highest BCUT2D eigenvalue weighted by Crippen LogP contribution is 2.08. The fourth-order valence-corrected chi connectivity index (χ4v) is 2.00. The first kappa shape index (κ1) is 12.8. The van der Waals surface area contributed by atoms with Crippen molar-refractivity contribution in [2.45, 2.75) is 19.9 Å². The number of hydrogen-bond donors (Lipinski definition) is 2. The highest BCUT2D eigenvalue weighted by atomic mass is 16.1. The van der Waals surface area contributed by atoms with Gasteiger partial charge in [-0.2, -0.15) is 0 Å². The molecule has 1 aliphatic heterocycles. The maximum Gasteiger partial charge on any atom is 0.221 e. The maximum atomic E-state index is 11.3. The maximum absolute atomic E-state index is 11.3. The topological polar surface area (TPSA) is 70.2 Å². The van der Waals surface area contributed by atoms with E-state index in [1.165, 1.54) is 0 Å². The summed E-state index contributed by atoms with van der Waals surface area (Å²) in [7, 11) is 1.85. The monoisotopic (exact) mass is 249 g/mol. The normalized spacial score (nSPS) is 17.1. The summed E-state index contributed by atoms with van der Waals surface area (Å²) in [6, 6.07) is 1.91. The van der Waals surface area contributed by atoms with Gasteiger partial charge < -0.3 is 10.6 Å². The molecule has 1 aromatic rings. The number of carbonyl (C=O) groups is 1. The van der Waals surface area contributed by atoms with Crippen molar-refractivity contribution < 1.29 is 4.79 Å². The van der Waals surface area contributed by atoms with E-state index in [2.05, 4.69) is 25.5 Å². The Bertz CT molecular complexity index is 434. The minimum Gasteiger partial charge on any atom is -0.373 e. The molecule has 1 aliphatic rings. The minimum absolute atomic E-state index is 0.124. The lowest BCUT2D eigenvalue weighted by Gasteiger charge is -2.18. The van der Waals surface area contributed by atoms with Crippen molar-refractivity contribution in [3.05, 3.63) is 17.6 Å². The second kappa shape index (κ2) is 5.77. The standard InChI is InChI=1S/C12H19N5O/c1-9-7-10(13-2)16-11(15-9)8-17-5-3-12(18)14-4-6-17/h7H,3-6,8H2,1-2H3,(H,14,18)(H,13,15,16). The molecule has 6 nitrogen and oxygen atoms in total. The first-order valence-corrected chi connectivity index (χ1v) is 6.19. The van der Waals surface area contributed by atoms with E-state index < -0.39 is 0 Å². The van der Waals surface area contributed by atoms with Crippen molar-refractivity contribution in [1.29, 1.82) is 0 Å². The van der Waals surface area contributed by atoms with Gasteiger partial charge in [0.15, 0.2) is 0 Å². The van der Waals surface area contributed by atoms with Gasteiger partial charge in [0.05, 0.1) is 6.54 Å². The first-order chi connectivity index (χ1) is 8.67. The third kappa shape index (κ3) is 3.40. The van der Waals surface area contributed by atoms with Crippen LogP contribution in [0.3, 0.4) is 0 Å². The average Bonchev–Trinajstić information content (AvgIpc) is 2.54. The van der Waals surface area contributed by atoms with Crippen LogP contribution in [0.1, 0.15) is 17.9 Å². The summed E-state index contributed by atoms with van der Waals surface area (Å²) in [6.07, 6.45) is 0.546. The molecule has 0 atom stereocenters. The predicted molar refractivity (Wildman–Crippen MR) is 69.2 cm³/mol. The Hall–Kier alpha value is -1.69. The van der Waals surface area contributed by atoms with Crippen LogP contribution in [0.15, 0.2) is 6.07 Å². The number of hydrogen-bond acceptors (Lipinski definition) is 5. The Kier molecular flexibility index (Phi) is 4.09. The molecule has 0 bridgehead atoms. The SMILES string of the molecule is CNc1cc(C)nc(CN2CCNC(=O)CC2)n1. The summed E-state index contributed by atoms with van der Waals surface area (Å²) in [6.45, 7) is 4.95. The number of amides is 1. The third-order valence-corrected chi connectivity index (χ3v) is 2.93. The summed E-state index contributed by atoms with van der Waals surface area (Å²) in [4.78, 5) is 22.3. The van der Waals surface area contributed by atoms with Gasteiger partial charge >= 0.3 is 0 Å². The Morgan fingerprint density at radius 2 is 2.28 bits per heavy atom. The molecular weight excluding hydrogens is 230 g/mol. The van der Waals surface area contributed by atoms with Gasteiger partial charge in [-0.05, 0) is 6.92 Å². The van der Waals surface area contributed by atoms with E-state index in [1.807, 2.05) is 20.0 Å². The largest absolute Gasteiger partial charge is 0.373 e. The number of nitrogens with one attached hydrogen (secondary N) is 2. The fourth-order valence-electron chi connectivity index (χ4n) is 2.00. The smallest absolute Gasteiger partial charge is 0.221 e. The second-order valence-electron chi connectivity index (χ2n) is 4.44. The number of anilines is 1. The van der Waals surface area contributed by atoms with Gasteiger partial charge in [-0.3, -0.25) is 9.69 Å². The van der Waals surface area contributed by atoms with Crippen LogP contribution in [0.25, 0.3) is 0 Å². The van der Waals surface area contributed by atoms with Crippen molar-refractivity contribution in [3.8, 4) is 0 Å². The van der Waals surface area contributed by atoms with Crippen LogP contribution in [0, 0.1) is 6.92 Å².